The van der Waals surface area contributed by atoms with Crippen molar-refractivity contribution in [1.29, 1.82) is 0 Å². The van der Waals surface area contributed by atoms with E-state index in [2.05, 4.69) is 15.9 Å². The van der Waals surface area contributed by atoms with E-state index in [1.165, 1.54) is 0 Å². The topological polar surface area (TPSA) is 40.5 Å². The second-order valence-corrected chi connectivity index (χ2v) is 3.46. The lowest BCUT2D eigenvalue weighted by Gasteiger charge is -2.06. The van der Waals surface area contributed by atoms with Crippen LogP contribution in [0.1, 0.15) is 0 Å². The summed E-state index contributed by atoms with van der Waals surface area (Å²) in [5.74, 6) is -1.90. The molecule has 1 aromatic rings. The highest BCUT2D eigenvalue weighted by molar-refractivity contribution is 9.10. The maximum atomic E-state index is 13.0. The van der Waals surface area contributed by atoms with E-state index in [9.17, 15) is 8.78 Å². The molecule has 1 rings (SSSR count). The van der Waals surface area contributed by atoms with Crippen molar-refractivity contribution < 1.29 is 18.8 Å². The molecule has 0 radical (unpaired) electrons. The lowest BCUT2D eigenvalue weighted by molar-refractivity contribution is 0.422. The molecule has 0 atom stereocenters. The van der Waals surface area contributed by atoms with Crippen LogP contribution in [0.15, 0.2) is 10.5 Å². The minimum absolute atomic E-state index is 0.382. The molecule has 0 unspecified atom stereocenters. The van der Waals surface area contributed by atoms with Crippen molar-refractivity contribution in [3.8, 4) is 0 Å². The zero-order valence-corrected chi connectivity index (χ0v) is 8.40. The van der Waals surface area contributed by atoms with Gasteiger partial charge in [-0.15, -0.1) is 0 Å². The van der Waals surface area contributed by atoms with Gasteiger partial charge in [0, 0.05) is 5.46 Å². The molecule has 0 amide bonds. The first-order chi connectivity index (χ1) is 5.95. The molecule has 13 heavy (non-hydrogen) atoms. The summed E-state index contributed by atoms with van der Waals surface area (Å²) in [5, 5.41) is 16.9. The monoisotopic (exact) mass is 270 g/mol. The van der Waals surface area contributed by atoms with E-state index < -0.39 is 29.2 Å². The van der Waals surface area contributed by atoms with Gasteiger partial charge in [0.1, 0.15) is 5.82 Å². The molecule has 0 bridgehead atoms. The van der Waals surface area contributed by atoms with E-state index in [1.54, 1.807) is 0 Å². The highest BCUT2D eigenvalue weighted by Crippen LogP contribution is 2.22. The average molecular weight is 271 g/mol. The first-order valence-electron chi connectivity index (χ1n) is 3.14. The Hall–Kier alpha value is -0.165. The van der Waals surface area contributed by atoms with Crippen LogP contribution in [0.2, 0.25) is 5.02 Å². The maximum absolute atomic E-state index is 13.0. The van der Waals surface area contributed by atoms with Gasteiger partial charge in [0.25, 0.3) is 0 Å². The average Bonchev–Trinajstić information content (AvgIpc) is 1.99. The van der Waals surface area contributed by atoms with Gasteiger partial charge in [-0.1, -0.05) is 11.6 Å². The van der Waals surface area contributed by atoms with Crippen molar-refractivity contribution in [3.05, 3.63) is 27.2 Å². The Morgan fingerprint density at radius 2 is 1.92 bits per heavy atom. The molecule has 0 spiro atoms. The van der Waals surface area contributed by atoms with Gasteiger partial charge in [0.15, 0.2) is 5.82 Å². The lowest BCUT2D eigenvalue weighted by atomic mass is 9.80. The van der Waals surface area contributed by atoms with Crippen LogP contribution in [0.5, 0.6) is 0 Å². The van der Waals surface area contributed by atoms with Crippen LogP contribution < -0.4 is 5.46 Å². The minimum atomic E-state index is -2.08. The third-order valence-electron chi connectivity index (χ3n) is 1.41. The normalized spacial score (nSPS) is 10.3. The number of benzene rings is 1. The third-order valence-corrected chi connectivity index (χ3v) is 2.46. The number of rotatable bonds is 1. The van der Waals surface area contributed by atoms with E-state index in [4.69, 9.17) is 21.6 Å². The molecule has 2 N–H and O–H groups in total. The SMILES string of the molecule is OB(O)c1c(F)cc(Cl)c(F)c1Br. The van der Waals surface area contributed by atoms with Gasteiger partial charge in [-0.25, -0.2) is 8.78 Å². The standard InChI is InChI=1S/C6H3BBrClF2O2/c8-5-4(7(12)13)3(10)1-2(9)6(5)11/h1,12-13H. The van der Waals surface area contributed by atoms with Gasteiger partial charge in [-0.2, -0.15) is 0 Å². The van der Waals surface area contributed by atoms with Crippen LogP contribution in [-0.2, 0) is 0 Å². The van der Waals surface area contributed by atoms with E-state index in [-0.39, 0.29) is 4.47 Å². The summed E-state index contributed by atoms with van der Waals surface area (Å²) in [6, 6.07) is 0.677. The van der Waals surface area contributed by atoms with Gasteiger partial charge in [-0.3, -0.25) is 0 Å². The van der Waals surface area contributed by atoms with Gasteiger partial charge in [0.05, 0.1) is 9.50 Å². The first kappa shape index (κ1) is 10.9. The van der Waals surface area contributed by atoms with Crippen LogP contribution in [0.4, 0.5) is 8.78 Å². The van der Waals surface area contributed by atoms with Crippen molar-refractivity contribution in [2.45, 2.75) is 0 Å². The predicted octanol–water partition coefficient (Wildman–Crippen LogP) is 1.06. The van der Waals surface area contributed by atoms with E-state index in [0.29, 0.717) is 6.07 Å². The van der Waals surface area contributed by atoms with Crippen LogP contribution in [0.25, 0.3) is 0 Å². The summed E-state index contributed by atoms with van der Waals surface area (Å²) in [5.41, 5.74) is -0.568. The Labute approximate surface area is 86.4 Å². The largest absolute Gasteiger partial charge is 0.492 e. The van der Waals surface area contributed by atoms with Crippen LogP contribution in [0.3, 0.4) is 0 Å². The Balaban J connectivity index is 3.44. The van der Waals surface area contributed by atoms with Gasteiger partial charge >= 0.3 is 7.12 Å². The van der Waals surface area contributed by atoms with E-state index >= 15 is 0 Å². The van der Waals surface area contributed by atoms with Crippen molar-refractivity contribution in [1.82, 2.24) is 0 Å². The Morgan fingerprint density at radius 3 is 2.38 bits per heavy atom. The predicted molar refractivity (Wildman–Crippen MR) is 48.9 cm³/mol. The second kappa shape index (κ2) is 3.92. The lowest BCUT2D eigenvalue weighted by Crippen LogP contribution is -2.34. The molecule has 0 heterocycles. The van der Waals surface area contributed by atoms with Crippen LogP contribution in [-0.4, -0.2) is 17.2 Å². The van der Waals surface area contributed by atoms with Gasteiger partial charge in [0.2, 0.25) is 0 Å². The zero-order chi connectivity index (χ0) is 10.2. The molecular formula is C6H3BBrClF2O2. The molecule has 1 aromatic carbocycles. The fraction of sp³-hybridized carbons (Fsp3) is 0. The summed E-state index contributed by atoms with van der Waals surface area (Å²) >= 11 is 7.95. The summed E-state index contributed by atoms with van der Waals surface area (Å²) in [4.78, 5) is 0. The first-order valence-corrected chi connectivity index (χ1v) is 4.31. The molecule has 0 fully saturated rings. The zero-order valence-electron chi connectivity index (χ0n) is 6.06. The molecule has 7 heteroatoms. The van der Waals surface area contributed by atoms with Gasteiger partial charge < -0.3 is 10.0 Å². The fourth-order valence-corrected chi connectivity index (χ4v) is 1.73. The second-order valence-electron chi connectivity index (χ2n) is 2.26. The Bertz CT molecular complexity index is 348. The highest BCUT2D eigenvalue weighted by atomic mass is 79.9. The summed E-state index contributed by atoms with van der Waals surface area (Å²) in [7, 11) is -2.08. The number of hydrogen-bond donors (Lipinski definition) is 2. The van der Waals surface area contributed by atoms with E-state index in [0.717, 1.165) is 0 Å². The highest BCUT2D eigenvalue weighted by Gasteiger charge is 2.24. The van der Waals surface area contributed by atoms with Crippen molar-refractivity contribution in [3.63, 3.8) is 0 Å². The maximum Gasteiger partial charge on any atom is 0.492 e. The Morgan fingerprint density at radius 1 is 1.38 bits per heavy atom. The van der Waals surface area contributed by atoms with Crippen LogP contribution >= 0.6 is 27.5 Å². The summed E-state index contributed by atoms with van der Waals surface area (Å²) < 4.78 is 25.5. The molecule has 0 saturated carbocycles. The molecule has 0 saturated heterocycles. The third kappa shape index (κ3) is 2.02. The minimum Gasteiger partial charge on any atom is -0.423 e. The molecule has 2 nitrogen and oxygen atoms in total. The van der Waals surface area contributed by atoms with Crippen molar-refractivity contribution in [2.75, 3.05) is 0 Å². The number of halogens is 4. The van der Waals surface area contributed by atoms with Crippen LogP contribution in [0, 0.1) is 11.6 Å². The quantitative estimate of drug-likeness (QED) is 0.455. The molecule has 0 aliphatic carbocycles. The molecule has 70 valence electrons. The van der Waals surface area contributed by atoms with E-state index in [1.807, 2.05) is 0 Å². The smallest absolute Gasteiger partial charge is 0.423 e. The van der Waals surface area contributed by atoms with Crippen molar-refractivity contribution >= 4 is 40.1 Å². The molecule has 0 aromatic heterocycles. The summed E-state index contributed by atoms with van der Waals surface area (Å²) in [6.45, 7) is 0. The molecular weight excluding hydrogens is 268 g/mol. The molecule has 0 aliphatic rings. The Kier molecular flexibility index (Phi) is 3.29. The summed E-state index contributed by atoms with van der Waals surface area (Å²) in [6.07, 6.45) is 0. The molecule has 0 aliphatic heterocycles. The van der Waals surface area contributed by atoms with Crippen molar-refractivity contribution in [2.24, 2.45) is 0 Å². The number of hydrogen-bond acceptors (Lipinski definition) is 2. The van der Waals surface area contributed by atoms with Gasteiger partial charge in [-0.05, 0) is 22.0 Å². The fourth-order valence-electron chi connectivity index (χ4n) is 0.817.